The number of piperidine rings is 1. The Morgan fingerprint density at radius 1 is 1.16 bits per heavy atom. The summed E-state index contributed by atoms with van der Waals surface area (Å²) in [6, 6.07) is 4.36. The minimum Gasteiger partial charge on any atom is -0.385 e. The Kier molecular flexibility index (Phi) is 5.52. The molecule has 0 aliphatic carbocycles. The van der Waals surface area contributed by atoms with Gasteiger partial charge in [0.1, 0.15) is 5.82 Å². The first kappa shape index (κ1) is 21.4. The van der Waals surface area contributed by atoms with Crippen molar-refractivity contribution in [2.75, 3.05) is 0 Å². The molecule has 10 heteroatoms. The summed E-state index contributed by atoms with van der Waals surface area (Å²) in [5.41, 5.74) is -0.00346. The minimum atomic E-state index is -4.41. The summed E-state index contributed by atoms with van der Waals surface area (Å²) in [4.78, 5) is 8.33. The standard InChI is InChI=1S/C21H23F3N6O/c1-13-7-20(31,16-3-5-17(6-4-16)21(22,23)24)8-18(27-13)19-12-30(29-28-19)11-15-9-25-14(2)26-10-15/h3-6,9-10,12-13,18,27,31H,7-8,11H2,1-2H3/t13-,18-,20?/m0/s1. The average molecular weight is 432 g/mol. The Hall–Kier alpha value is -2.85. The van der Waals surface area contributed by atoms with Gasteiger partial charge in [-0.1, -0.05) is 17.3 Å². The Bertz CT molecular complexity index is 1030. The van der Waals surface area contributed by atoms with E-state index in [1.54, 1.807) is 23.3 Å². The number of halogens is 3. The van der Waals surface area contributed by atoms with E-state index in [1.165, 1.54) is 12.1 Å². The van der Waals surface area contributed by atoms with Crippen LogP contribution in [0.3, 0.4) is 0 Å². The predicted octanol–water partition coefficient (Wildman–Crippen LogP) is 3.14. The monoisotopic (exact) mass is 432 g/mol. The first-order valence-corrected chi connectivity index (χ1v) is 9.96. The van der Waals surface area contributed by atoms with E-state index >= 15 is 0 Å². The van der Waals surface area contributed by atoms with Gasteiger partial charge in [0, 0.05) is 30.4 Å². The highest BCUT2D eigenvalue weighted by atomic mass is 19.4. The van der Waals surface area contributed by atoms with E-state index in [-0.39, 0.29) is 18.5 Å². The highest BCUT2D eigenvalue weighted by Gasteiger charge is 2.41. The van der Waals surface area contributed by atoms with E-state index < -0.39 is 17.3 Å². The van der Waals surface area contributed by atoms with Gasteiger partial charge in [0.2, 0.25) is 0 Å². The lowest BCUT2D eigenvalue weighted by atomic mass is 9.78. The number of hydrogen-bond donors (Lipinski definition) is 2. The van der Waals surface area contributed by atoms with Crippen LogP contribution in [0.2, 0.25) is 0 Å². The highest BCUT2D eigenvalue weighted by molar-refractivity contribution is 5.30. The maximum Gasteiger partial charge on any atom is 0.416 e. The fourth-order valence-corrected chi connectivity index (χ4v) is 4.02. The van der Waals surface area contributed by atoms with Gasteiger partial charge >= 0.3 is 6.18 Å². The summed E-state index contributed by atoms with van der Waals surface area (Å²) in [5.74, 6) is 0.686. The number of rotatable bonds is 4. The van der Waals surface area contributed by atoms with E-state index in [2.05, 4.69) is 25.6 Å². The molecule has 3 heterocycles. The van der Waals surface area contributed by atoms with Gasteiger partial charge in [0.15, 0.2) is 0 Å². The third-order valence-electron chi connectivity index (χ3n) is 5.51. The minimum absolute atomic E-state index is 0.0679. The molecule has 1 fully saturated rings. The van der Waals surface area contributed by atoms with E-state index in [1.807, 2.05) is 13.8 Å². The van der Waals surface area contributed by atoms with Crippen LogP contribution >= 0.6 is 0 Å². The number of benzene rings is 1. The van der Waals surface area contributed by atoms with Crippen molar-refractivity contribution in [2.45, 2.75) is 57.1 Å². The lowest BCUT2D eigenvalue weighted by molar-refractivity contribution is -0.137. The van der Waals surface area contributed by atoms with E-state index in [0.29, 0.717) is 30.0 Å². The zero-order valence-electron chi connectivity index (χ0n) is 17.1. The van der Waals surface area contributed by atoms with Gasteiger partial charge < -0.3 is 10.4 Å². The molecule has 2 aromatic heterocycles. The molecular weight excluding hydrogens is 409 g/mol. The lowest BCUT2D eigenvalue weighted by Crippen LogP contribution is -2.47. The zero-order valence-corrected chi connectivity index (χ0v) is 17.1. The first-order valence-electron chi connectivity index (χ1n) is 9.96. The number of hydrogen-bond acceptors (Lipinski definition) is 6. The molecule has 1 aromatic carbocycles. The highest BCUT2D eigenvalue weighted by Crippen LogP contribution is 2.40. The van der Waals surface area contributed by atoms with Crippen LogP contribution in [0.4, 0.5) is 13.2 Å². The number of nitrogens with one attached hydrogen (secondary N) is 1. The molecule has 1 aliphatic rings. The Morgan fingerprint density at radius 2 is 1.84 bits per heavy atom. The predicted molar refractivity (Wildman–Crippen MR) is 106 cm³/mol. The molecule has 0 radical (unpaired) electrons. The van der Waals surface area contributed by atoms with Crippen LogP contribution in [0.5, 0.6) is 0 Å². The second kappa shape index (κ2) is 8.01. The summed E-state index contributed by atoms with van der Waals surface area (Å²) in [5, 5.41) is 23.1. The summed E-state index contributed by atoms with van der Waals surface area (Å²) in [6.45, 7) is 4.19. The Labute approximate surface area is 177 Å². The normalized spacial score (nSPS) is 24.3. The van der Waals surface area contributed by atoms with Crippen molar-refractivity contribution in [1.82, 2.24) is 30.3 Å². The summed E-state index contributed by atoms with van der Waals surface area (Å²) in [7, 11) is 0. The Balaban J connectivity index is 1.52. The molecule has 0 amide bonds. The van der Waals surface area contributed by atoms with Crippen LogP contribution in [-0.4, -0.2) is 36.1 Å². The van der Waals surface area contributed by atoms with Crippen molar-refractivity contribution in [3.05, 3.63) is 71.1 Å². The van der Waals surface area contributed by atoms with Crippen molar-refractivity contribution in [3.63, 3.8) is 0 Å². The number of aliphatic hydroxyl groups is 1. The van der Waals surface area contributed by atoms with Crippen LogP contribution in [0.15, 0.2) is 42.9 Å². The van der Waals surface area contributed by atoms with Crippen molar-refractivity contribution in [2.24, 2.45) is 0 Å². The third-order valence-corrected chi connectivity index (χ3v) is 5.51. The topological polar surface area (TPSA) is 88.8 Å². The molecule has 0 saturated carbocycles. The number of aryl methyl sites for hydroxylation is 1. The third kappa shape index (κ3) is 4.75. The zero-order chi connectivity index (χ0) is 22.2. The number of aromatic nitrogens is 5. The van der Waals surface area contributed by atoms with Gasteiger partial charge in [0.25, 0.3) is 0 Å². The first-order chi connectivity index (χ1) is 14.6. The molecule has 4 rings (SSSR count). The Morgan fingerprint density at radius 3 is 2.48 bits per heavy atom. The fraction of sp³-hybridized carbons (Fsp3) is 0.429. The maximum atomic E-state index is 12.9. The van der Waals surface area contributed by atoms with Crippen LogP contribution < -0.4 is 5.32 Å². The molecule has 1 saturated heterocycles. The van der Waals surface area contributed by atoms with Crippen LogP contribution in [0.1, 0.15) is 54.0 Å². The summed E-state index contributed by atoms with van der Waals surface area (Å²) >= 11 is 0. The molecular formula is C21H23F3N6O. The van der Waals surface area contributed by atoms with Crippen molar-refractivity contribution in [3.8, 4) is 0 Å². The van der Waals surface area contributed by atoms with Gasteiger partial charge in [0.05, 0.1) is 35.6 Å². The molecule has 31 heavy (non-hydrogen) atoms. The molecule has 3 atom stereocenters. The second-order valence-corrected chi connectivity index (χ2v) is 8.11. The van der Waals surface area contributed by atoms with Gasteiger partial charge in [-0.2, -0.15) is 13.2 Å². The lowest BCUT2D eigenvalue weighted by Gasteiger charge is -2.40. The van der Waals surface area contributed by atoms with Crippen LogP contribution in [0.25, 0.3) is 0 Å². The molecule has 1 aliphatic heterocycles. The molecule has 0 bridgehead atoms. The maximum absolute atomic E-state index is 12.9. The quantitative estimate of drug-likeness (QED) is 0.659. The summed E-state index contributed by atoms with van der Waals surface area (Å²) in [6.07, 6.45) is 1.50. The van der Waals surface area contributed by atoms with Gasteiger partial charge in [-0.15, -0.1) is 5.10 Å². The van der Waals surface area contributed by atoms with Crippen LogP contribution in [0, 0.1) is 6.92 Å². The fourth-order valence-electron chi connectivity index (χ4n) is 4.02. The second-order valence-electron chi connectivity index (χ2n) is 8.11. The molecule has 1 unspecified atom stereocenters. The molecule has 0 spiro atoms. The number of nitrogens with zero attached hydrogens (tertiary/aromatic N) is 5. The van der Waals surface area contributed by atoms with E-state index in [4.69, 9.17) is 0 Å². The van der Waals surface area contributed by atoms with Gasteiger partial charge in [-0.3, -0.25) is 0 Å². The smallest absolute Gasteiger partial charge is 0.385 e. The van der Waals surface area contributed by atoms with Gasteiger partial charge in [-0.05, 0) is 38.0 Å². The van der Waals surface area contributed by atoms with Crippen molar-refractivity contribution in [1.29, 1.82) is 0 Å². The molecule has 164 valence electrons. The van der Waals surface area contributed by atoms with Gasteiger partial charge in [-0.25, -0.2) is 14.6 Å². The molecule has 7 nitrogen and oxygen atoms in total. The average Bonchev–Trinajstić information content (AvgIpc) is 3.17. The van der Waals surface area contributed by atoms with Crippen molar-refractivity contribution >= 4 is 0 Å². The SMILES string of the molecule is Cc1ncc(Cn2cc([C@@H]3CC(O)(c4ccc(C(F)(F)F)cc4)C[C@H](C)N3)nn2)cn1. The summed E-state index contributed by atoms with van der Waals surface area (Å²) < 4.78 is 40.3. The number of alkyl halides is 3. The molecule has 3 aromatic rings. The van der Waals surface area contributed by atoms with Crippen LogP contribution in [-0.2, 0) is 18.3 Å². The molecule has 2 N–H and O–H groups in total. The largest absolute Gasteiger partial charge is 0.416 e. The van der Waals surface area contributed by atoms with E-state index in [0.717, 1.165) is 17.7 Å². The van der Waals surface area contributed by atoms with E-state index in [9.17, 15) is 18.3 Å². The van der Waals surface area contributed by atoms with Crippen molar-refractivity contribution < 1.29 is 18.3 Å².